The molecule has 1 aromatic heterocycles. The van der Waals surface area contributed by atoms with Crippen LogP contribution in [0.2, 0.25) is 0 Å². The Morgan fingerprint density at radius 2 is 1.68 bits per heavy atom. The van der Waals surface area contributed by atoms with Crippen molar-refractivity contribution in [3.63, 3.8) is 0 Å². The molecule has 0 unspecified atom stereocenters. The highest BCUT2D eigenvalue weighted by atomic mass is 16.6. The van der Waals surface area contributed by atoms with Crippen LogP contribution in [-0.4, -0.2) is 41.0 Å². The average molecular weight is 541 g/mol. The largest absolute Gasteiger partial charge is 0.444 e. The summed E-state index contributed by atoms with van der Waals surface area (Å²) in [4.78, 5) is 25.4. The van der Waals surface area contributed by atoms with Gasteiger partial charge in [0.2, 0.25) is 0 Å². The number of benzene rings is 3. The van der Waals surface area contributed by atoms with Crippen LogP contribution in [0.3, 0.4) is 0 Å². The maximum atomic E-state index is 13.0. The average Bonchev–Trinajstić information content (AvgIpc) is 3.19. The molecule has 0 radical (unpaired) electrons. The van der Waals surface area contributed by atoms with E-state index in [0.717, 1.165) is 39.0 Å². The van der Waals surface area contributed by atoms with E-state index in [9.17, 15) is 9.59 Å². The number of ether oxygens (including phenoxy) is 2. The second-order valence-corrected chi connectivity index (χ2v) is 10.6. The van der Waals surface area contributed by atoms with Crippen LogP contribution in [0.1, 0.15) is 43.3 Å². The molecule has 0 saturated heterocycles. The maximum absolute atomic E-state index is 13.0. The Labute approximate surface area is 235 Å². The molecule has 0 aliphatic heterocycles. The number of nitrogens with zero attached hydrogens (tertiary/aromatic N) is 2. The maximum Gasteiger partial charge on any atom is 0.408 e. The normalized spacial score (nSPS) is 12.4. The van der Waals surface area contributed by atoms with Crippen molar-refractivity contribution >= 4 is 29.0 Å². The third-order valence-electron chi connectivity index (χ3n) is 6.26. The summed E-state index contributed by atoms with van der Waals surface area (Å²) in [5.41, 5.74) is 6.76. The van der Waals surface area contributed by atoms with Crippen LogP contribution in [0.15, 0.2) is 84.0 Å². The lowest BCUT2D eigenvalue weighted by atomic mass is 10.1. The van der Waals surface area contributed by atoms with Gasteiger partial charge in [-0.2, -0.15) is 5.10 Å². The van der Waals surface area contributed by atoms with Gasteiger partial charge in [0.1, 0.15) is 11.6 Å². The summed E-state index contributed by atoms with van der Waals surface area (Å²) >= 11 is 0. The van der Waals surface area contributed by atoms with E-state index in [1.165, 1.54) is 0 Å². The summed E-state index contributed by atoms with van der Waals surface area (Å²) in [6, 6.07) is 25.1. The van der Waals surface area contributed by atoms with Crippen LogP contribution in [0.4, 0.5) is 4.79 Å². The predicted octanol–water partition coefficient (Wildman–Crippen LogP) is 5.81. The number of hydrogen-bond donors (Lipinski definition) is 2. The molecule has 0 aliphatic carbocycles. The van der Waals surface area contributed by atoms with Gasteiger partial charge in [-0.3, -0.25) is 4.79 Å². The first-order valence-electron chi connectivity index (χ1n) is 13.2. The number of aryl methyl sites for hydroxylation is 1. The van der Waals surface area contributed by atoms with Crippen molar-refractivity contribution in [3.05, 3.63) is 101 Å². The van der Waals surface area contributed by atoms with Gasteiger partial charge in [0.05, 0.1) is 25.1 Å². The summed E-state index contributed by atoms with van der Waals surface area (Å²) in [6.45, 7) is 9.57. The Hall–Kier alpha value is -4.43. The van der Waals surface area contributed by atoms with E-state index in [4.69, 9.17) is 9.47 Å². The minimum atomic E-state index is -1.00. The molecule has 2 amide bonds. The van der Waals surface area contributed by atoms with E-state index in [1.807, 2.05) is 68.4 Å². The van der Waals surface area contributed by atoms with Crippen LogP contribution in [0.5, 0.6) is 0 Å². The zero-order valence-electron chi connectivity index (χ0n) is 23.6. The lowest BCUT2D eigenvalue weighted by Gasteiger charge is -2.22. The Morgan fingerprint density at radius 1 is 0.975 bits per heavy atom. The van der Waals surface area contributed by atoms with Gasteiger partial charge >= 0.3 is 6.09 Å². The van der Waals surface area contributed by atoms with Crippen molar-refractivity contribution in [2.75, 3.05) is 6.61 Å². The summed E-state index contributed by atoms with van der Waals surface area (Å²) in [7, 11) is 0. The Bertz CT molecular complexity index is 1500. The number of amides is 2. The van der Waals surface area contributed by atoms with Gasteiger partial charge in [0.15, 0.2) is 0 Å². The second-order valence-electron chi connectivity index (χ2n) is 10.6. The molecule has 3 aromatic carbocycles. The first kappa shape index (κ1) is 28.6. The highest BCUT2D eigenvalue weighted by Crippen LogP contribution is 2.26. The fraction of sp³-hybridized carbons (Fsp3) is 0.281. The molecule has 4 aromatic rings. The topological polar surface area (TPSA) is 93.9 Å². The standard InChI is InChI=1S/C32H36N4O4/c1-22-18-26(23(2)36(22)29-17-11-15-25-14-9-10-16-27(25)29)19-33-35-30(37)28(34-31(38)40-32(3,4)5)21-39-20-24-12-7-6-8-13-24/h6-19,28H,20-21H2,1-5H3,(H,34,38)(H,35,37)/b33-19-/t28-/m0/s1. The number of alkyl carbamates (subject to hydrolysis) is 1. The molecular weight excluding hydrogens is 504 g/mol. The molecular formula is C32H36N4O4. The first-order chi connectivity index (χ1) is 19.1. The number of hydrogen-bond acceptors (Lipinski definition) is 5. The molecule has 1 atom stereocenters. The number of aromatic nitrogens is 1. The van der Waals surface area contributed by atoms with Crippen molar-refractivity contribution < 1.29 is 19.1 Å². The lowest BCUT2D eigenvalue weighted by Crippen LogP contribution is -2.49. The van der Waals surface area contributed by atoms with Gasteiger partial charge in [-0.25, -0.2) is 10.2 Å². The Kier molecular flexibility index (Phi) is 9.01. The summed E-state index contributed by atoms with van der Waals surface area (Å²) in [6.07, 6.45) is 0.899. The van der Waals surface area contributed by atoms with Gasteiger partial charge in [-0.1, -0.05) is 66.7 Å². The highest BCUT2D eigenvalue weighted by Gasteiger charge is 2.24. The molecule has 4 rings (SSSR count). The van der Waals surface area contributed by atoms with Crippen molar-refractivity contribution in [2.24, 2.45) is 5.10 Å². The molecule has 40 heavy (non-hydrogen) atoms. The minimum Gasteiger partial charge on any atom is -0.444 e. The molecule has 8 heteroatoms. The number of carbonyl (C=O) groups is 2. The smallest absolute Gasteiger partial charge is 0.408 e. The molecule has 208 valence electrons. The first-order valence-corrected chi connectivity index (χ1v) is 13.2. The third-order valence-corrected chi connectivity index (χ3v) is 6.26. The summed E-state index contributed by atoms with van der Waals surface area (Å²) in [5.74, 6) is -0.516. The quantitative estimate of drug-likeness (QED) is 0.207. The number of hydrazone groups is 1. The number of fused-ring (bicyclic) bond motifs is 1. The monoisotopic (exact) mass is 540 g/mol. The minimum absolute atomic E-state index is 0.0505. The van der Waals surface area contributed by atoms with Gasteiger partial charge in [-0.15, -0.1) is 0 Å². The van der Waals surface area contributed by atoms with E-state index >= 15 is 0 Å². The van der Waals surface area contributed by atoms with E-state index in [2.05, 4.69) is 44.7 Å². The SMILES string of the molecule is Cc1cc(/C=N\NC(=O)[C@H](COCc2ccccc2)NC(=O)OC(C)(C)C)c(C)n1-c1cccc2ccccc12. The zero-order valence-corrected chi connectivity index (χ0v) is 23.6. The van der Waals surface area contributed by atoms with Crippen LogP contribution >= 0.6 is 0 Å². The van der Waals surface area contributed by atoms with Crippen molar-refractivity contribution in [1.29, 1.82) is 0 Å². The van der Waals surface area contributed by atoms with Gasteiger partial charge in [0.25, 0.3) is 5.91 Å². The summed E-state index contributed by atoms with van der Waals surface area (Å²) < 4.78 is 13.2. The third kappa shape index (κ3) is 7.36. The fourth-order valence-corrected chi connectivity index (χ4v) is 4.44. The van der Waals surface area contributed by atoms with Gasteiger partial charge in [-0.05, 0) is 57.7 Å². The summed E-state index contributed by atoms with van der Waals surface area (Å²) in [5, 5.41) is 9.10. The molecule has 0 spiro atoms. The molecule has 1 heterocycles. The van der Waals surface area contributed by atoms with E-state index in [0.29, 0.717) is 6.61 Å². The van der Waals surface area contributed by atoms with Crippen LogP contribution in [-0.2, 0) is 20.9 Å². The van der Waals surface area contributed by atoms with Gasteiger partial charge in [0, 0.05) is 22.3 Å². The highest BCUT2D eigenvalue weighted by molar-refractivity contribution is 5.92. The van der Waals surface area contributed by atoms with Crippen LogP contribution in [0.25, 0.3) is 16.5 Å². The predicted molar refractivity (Wildman–Crippen MR) is 158 cm³/mol. The molecule has 0 aliphatic rings. The van der Waals surface area contributed by atoms with Gasteiger partial charge < -0.3 is 19.4 Å². The lowest BCUT2D eigenvalue weighted by molar-refractivity contribution is -0.124. The fourth-order valence-electron chi connectivity index (χ4n) is 4.44. The second kappa shape index (κ2) is 12.6. The van der Waals surface area contributed by atoms with E-state index in [-0.39, 0.29) is 6.61 Å². The Balaban J connectivity index is 1.47. The number of nitrogens with one attached hydrogen (secondary N) is 2. The van der Waals surface area contributed by atoms with E-state index in [1.54, 1.807) is 27.0 Å². The zero-order chi connectivity index (χ0) is 28.7. The number of rotatable bonds is 9. The van der Waals surface area contributed by atoms with Crippen molar-refractivity contribution in [3.8, 4) is 5.69 Å². The molecule has 0 fully saturated rings. The molecule has 0 bridgehead atoms. The van der Waals surface area contributed by atoms with Crippen LogP contribution < -0.4 is 10.7 Å². The molecule has 0 saturated carbocycles. The van der Waals surface area contributed by atoms with Crippen LogP contribution in [0, 0.1) is 13.8 Å². The molecule has 2 N–H and O–H groups in total. The number of carbonyl (C=O) groups excluding carboxylic acids is 2. The van der Waals surface area contributed by atoms with Crippen molar-refractivity contribution in [1.82, 2.24) is 15.3 Å². The van der Waals surface area contributed by atoms with E-state index < -0.39 is 23.6 Å². The Morgan fingerprint density at radius 3 is 2.42 bits per heavy atom. The molecule has 8 nitrogen and oxygen atoms in total. The van der Waals surface area contributed by atoms with Crippen molar-refractivity contribution in [2.45, 2.75) is 52.9 Å².